The molecule has 1 radical (unpaired) electrons. The molecule has 2 aliphatic heterocycles. The van der Waals surface area contributed by atoms with E-state index in [-0.39, 0.29) is 26.8 Å². The molecule has 0 spiro atoms. The summed E-state index contributed by atoms with van der Waals surface area (Å²) < 4.78 is 12.9. The Balaban J connectivity index is 0.000000188. The molecule has 0 unspecified atom stereocenters. The summed E-state index contributed by atoms with van der Waals surface area (Å²) in [7, 11) is 0. The zero-order valence-electron chi connectivity index (χ0n) is 34.3. The third kappa shape index (κ3) is 7.44. The van der Waals surface area contributed by atoms with Crippen molar-refractivity contribution in [2.75, 3.05) is 0 Å². The predicted molar refractivity (Wildman–Crippen MR) is 239 cm³/mol. The van der Waals surface area contributed by atoms with Crippen LogP contribution in [0.4, 0.5) is 0 Å². The van der Waals surface area contributed by atoms with Crippen LogP contribution in [0, 0.1) is 60.6 Å². The van der Waals surface area contributed by atoms with E-state index >= 15 is 0 Å². The van der Waals surface area contributed by atoms with Gasteiger partial charge in [-0.3, -0.25) is 0 Å². The Hall–Kier alpha value is -6.07. The second-order valence-corrected chi connectivity index (χ2v) is 15.6. The quantitative estimate of drug-likeness (QED) is 0.130. The SMILES string of the molecule is Cc1cc(C)c(-c2cnc(-c3[c-]cc4c5c3Oc3ccccc3B5c3ccccc3O4)cc2C)c(C)c1.Cc1cnc(-c2[c-]cc(C)c(-c3ccccc3)c2)cc1C.[Ir]. The molecule has 6 aromatic carbocycles. The van der Waals surface area contributed by atoms with Crippen LogP contribution in [0.5, 0.6) is 23.0 Å². The molecule has 4 heterocycles. The topological polar surface area (TPSA) is 44.2 Å². The Morgan fingerprint density at radius 3 is 1.81 bits per heavy atom. The van der Waals surface area contributed by atoms with Gasteiger partial charge in [0.2, 0.25) is 6.71 Å². The van der Waals surface area contributed by atoms with Crippen LogP contribution in [0.25, 0.3) is 44.8 Å². The molecule has 10 rings (SSSR count). The average Bonchev–Trinajstić information content (AvgIpc) is 3.23. The average molecular weight is 943 g/mol. The van der Waals surface area contributed by atoms with Crippen molar-refractivity contribution in [3.05, 3.63) is 185 Å². The first-order valence-corrected chi connectivity index (χ1v) is 19.8. The van der Waals surface area contributed by atoms with Gasteiger partial charge in [-0.15, -0.1) is 41.5 Å². The second kappa shape index (κ2) is 16.3. The van der Waals surface area contributed by atoms with Crippen LogP contribution in [0.1, 0.15) is 38.9 Å². The fourth-order valence-corrected chi connectivity index (χ4v) is 8.48. The first kappa shape index (κ1) is 39.7. The molecule has 0 bridgehead atoms. The number of hydrogen-bond acceptors (Lipinski definition) is 4. The number of aromatic nitrogens is 2. The molecule has 0 aliphatic carbocycles. The number of benzene rings is 6. The molecule has 4 nitrogen and oxygen atoms in total. The second-order valence-electron chi connectivity index (χ2n) is 15.6. The monoisotopic (exact) mass is 943 g/mol. The first-order chi connectivity index (χ1) is 28.1. The zero-order chi connectivity index (χ0) is 40.1. The van der Waals surface area contributed by atoms with Crippen molar-refractivity contribution < 1.29 is 29.6 Å². The van der Waals surface area contributed by atoms with Crippen molar-refractivity contribution >= 4 is 23.1 Å². The molecule has 0 atom stereocenters. The summed E-state index contributed by atoms with van der Waals surface area (Å²) >= 11 is 0. The number of para-hydroxylation sites is 2. The van der Waals surface area contributed by atoms with E-state index in [1.54, 1.807) is 0 Å². The summed E-state index contributed by atoms with van der Waals surface area (Å²) in [6, 6.07) is 48.7. The molecule has 2 aromatic heterocycles. The Morgan fingerprint density at radius 2 is 1.14 bits per heavy atom. The molecule has 291 valence electrons. The van der Waals surface area contributed by atoms with E-state index in [1.165, 1.54) is 55.6 Å². The summed E-state index contributed by atoms with van der Waals surface area (Å²) in [6.07, 6.45) is 3.93. The minimum absolute atomic E-state index is 0. The van der Waals surface area contributed by atoms with Crippen LogP contribution in [0.2, 0.25) is 0 Å². The molecule has 0 N–H and O–H groups in total. The molecule has 8 aromatic rings. The van der Waals surface area contributed by atoms with Crippen molar-refractivity contribution in [2.24, 2.45) is 0 Å². The molecule has 6 heteroatoms. The van der Waals surface area contributed by atoms with Gasteiger partial charge in [0.15, 0.2) is 0 Å². The summed E-state index contributed by atoms with van der Waals surface area (Å²) in [5.41, 5.74) is 20.6. The fraction of sp³-hybridized carbons (Fsp3) is 0.132. The number of hydrogen-bond donors (Lipinski definition) is 0. The van der Waals surface area contributed by atoms with Gasteiger partial charge in [-0.05, 0) is 109 Å². The van der Waals surface area contributed by atoms with Crippen molar-refractivity contribution in [3.8, 4) is 67.8 Å². The normalized spacial score (nSPS) is 11.7. The maximum absolute atomic E-state index is 6.58. The van der Waals surface area contributed by atoms with Crippen molar-refractivity contribution in [2.45, 2.75) is 48.5 Å². The fourth-order valence-electron chi connectivity index (χ4n) is 8.48. The van der Waals surface area contributed by atoms with Crippen molar-refractivity contribution in [3.63, 3.8) is 0 Å². The van der Waals surface area contributed by atoms with Gasteiger partial charge in [-0.2, -0.15) is 0 Å². The van der Waals surface area contributed by atoms with E-state index in [2.05, 4.69) is 151 Å². The molecule has 59 heavy (non-hydrogen) atoms. The summed E-state index contributed by atoms with van der Waals surface area (Å²) in [4.78, 5) is 9.49. The van der Waals surface area contributed by atoms with Crippen LogP contribution in [-0.4, -0.2) is 16.7 Å². The largest absolute Gasteiger partial charge is 0.503 e. The number of aryl methyl sites for hydroxylation is 7. The van der Waals surface area contributed by atoms with Gasteiger partial charge in [0, 0.05) is 49.6 Å². The minimum atomic E-state index is 0. The number of ether oxygens (including phenoxy) is 2. The van der Waals surface area contributed by atoms with E-state index in [4.69, 9.17) is 14.5 Å². The Labute approximate surface area is 361 Å². The van der Waals surface area contributed by atoms with Crippen LogP contribution < -0.4 is 25.9 Å². The van der Waals surface area contributed by atoms with Gasteiger partial charge < -0.3 is 19.4 Å². The Morgan fingerprint density at radius 1 is 0.508 bits per heavy atom. The smallest absolute Gasteiger partial charge is 0.239 e. The van der Waals surface area contributed by atoms with Gasteiger partial charge in [0.1, 0.15) is 11.5 Å². The summed E-state index contributed by atoms with van der Waals surface area (Å²) in [6.45, 7) is 15.0. The zero-order valence-corrected chi connectivity index (χ0v) is 36.7. The third-order valence-corrected chi connectivity index (χ3v) is 11.5. The number of pyridine rings is 2. The van der Waals surface area contributed by atoms with Crippen LogP contribution >= 0.6 is 0 Å². The Bertz CT molecular complexity index is 2850. The molecule has 2 aliphatic rings. The van der Waals surface area contributed by atoms with E-state index in [0.717, 1.165) is 67.5 Å². The Kier molecular flexibility index (Phi) is 11.0. The maximum atomic E-state index is 6.58. The van der Waals surface area contributed by atoms with E-state index < -0.39 is 0 Å². The van der Waals surface area contributed by atoms with Crippen LogP contribution in [0.3, 0.4) is 0 Å². The number of nitrogens with zero attached hydrogens (tertiary/aromatic N) is 2. The minimum Gasteiger partial charge on any atom is -0.503 e. The van der Waals surface area contributed by atoms with Crippen molar-refractivity contribution in [1.82, 2.24) is 9.97 Å². The van der Waals surface area contributed by atoms with E-state index in [9.17, 15) is 0 Å². The van der Waals surface area contributed by atoms with Crippen LogP contribution in [-0.2, 0) is 20.1 Å². The molecule has 0 saturated carbocycles. The van der Waals surface area contributed by atoms with E-state index in [0.29, 0.717) is 0 Å². The molecule has 0 amide bonds. The maximum Gasteiger partial charge on any atom is 0.239 e. The third-order valence-electron chi connectivity index (χ3n) is 11.5. The standard InChI is InChI=1S/C33H25BNO2.C20H18N.Ir/c1-19-15-21(3)31(22(4)16-19)24-18-35-27(17-20(24)2)23-13-14-30-32-33(23)37-29-12-8-6-10-26(29)34(32)25-9-5-7-11-28(25)36-30;1-14-9-10-18(20-11-15(2)16(3)13-21-20)12-19(14)17-7-5-4-6-8-17;/h5-12,14-18H,1-4H3;4-9,11-13H,1-3H3;/q2*-1;. The first-order valence-electron chi connectivity index (χ1n) is 19.8. The van der Waals surface area contributed by atoms with Crippen LogP contribution in [0.15, 0.2) is 134 Å². The van der Waals surface area contributed by atoms with Gasteiger partial charge in [0.25, 0.3) is 0 Å². The number of rotatable bonds is 4. The number of fused-ring (bicyclic) bond motifs is 4. The summed E-state index contributed by atoms with van der Waals surface area (Å²) in [5.74, 6) is 3.31. The van der Waals surface area contributed by atoms with Crippen molar-refractivity contribution in [1.29, 1.82) is 0 Å². The van der Waals surface area contributed by atoms with Gasteiger partial charge >= 0.3 is 0 Å². The molecule has 0 saturated heterocycles. The van der Waals surface area contributed by atoms with Gasteiger partial charge in [-0.25, -0.2) is 0 Å². The van der Waals surface area contributed by atoms with E-state index in [1.807, 2.05) is 48.8 Å². The molecular weight excluding hydrogens is 900 g/mol. The molecule has 0 fully saturated rings. The predicted octanol–water partition coefficient (Wildman–Crippen LogP) is 11.3. The molecular formula is C53H43BIrN2O2-2. The summed E-state index contributed by atoms with van der Waals surface area (Å²) in [5, 5.41) is 0. The van der Waals surface area contributed by atoms with Gasteiger partial charge in [-0.1, -0.05) is 126 Å². The van der Waals surface area contributed by atoms with Gasteiger partial charge in [0.05, 0.1) is 0 Å².